The van der Waals surface area contributed by atoms with Gasteiger partial charge in [-0.3, -0.25) is 23.5 Å². The van der Waals surface area contributed by atoms with Crippen molar-refractivity contribution in [1.29, 1.82) is 0 Å². The molecule has 1 atom stereocenters. The molecule has 0 bridgehead atoms. The summed E-state index contributed by atoms with van der Waals surface area (Å²) in [6.45, 7) is 3.92. The number of amides is 1. The molecule has 2 aliphatic heterocycles. The average Bonchev–Trinajstić information content (AvgIpc) is 3.60. The van der Waals surface area contributed by atoms with Gasteiger partial charge in [0.25, 0.3) is 11.5 Å². The molecule has 4 aromatic rings. The van der Waals surface area contributed by atoms with Gasteiger partial charge in [-0.05, 0) is 49.1 Å². The summed E-state index contributed by atoms with van der Waals surface area (Å²) in [5, 5.41) is 0. The van der Waals surface area contributed by atoms with E-state index in [0.29, 0.717) is 42.2 Å². The summed E-state index contributed by atoms with van der Waals surface area (Å²) in [5.74, 6) is 1.51. The molecule has 1 amide bonds. The van der Waals surface area contributed by atoms with Gasteiger partial charge in [0.05, 0.1) is 23.8 Å². The van der Waals surface area contributed by atoms with Crippen molar-refractivity contribution in [2.75, 3.05) is 31.8 Å². The van der Waals surface area contributed by atoms with E-state index in [1.807, 2.05) is 23.5 Å². The molecule has 6 rings (SSSR count). The van der Waals surface area contributed by atoms with Crippen LogP contribution in [0.3, 0.4) is 0 Å². The lowest BCUT2D eigenvalue weighted by atomic mass is 10.1. The Labute approximate surface area is 195 Å². The lowest BCUT2D eigenvalue weighted by molar-refractivity contribution is 0.0988. The number of carbonyl (C=O) groups is 1. The van der Waals surface area contributed by atoms with Crippen LogP contribution < -0.4 is 10.5 Å². The fraction of sp³-hybridized carbons (Fsp3) is 0.360. The molecule has 0 radical (unpaired) electrons. The number of fused-ring (bicyclic) bond motifs is 4. The Morgan fingerprint density at radius 1 is 1.18 bits per heavy atom. The minimum absolute atomic E-state index is 0.0733. The summed E-state index contributed by atoms with van der Waals surface area (Å²) >= 11 is 0. The first-order valence-electron chi connectivity index (χ1n) is 11.4. The number of imidazole rings is 1. The van der Waals surface area contributed by atoms with Gasteiger partial charge in [0.2, 0.25) is 0 Å². The zero-order chi connectivity index (χ0) is 23.4. The molecule has 1 saturated heterocycles. The Hall–Kier alpha value is -3.56. The maximum Gasteiger partial charge on any atom is 0.278 e. The van der Waals surface area contributed by atoms with Crippen molar-refractivity contribution in [3.63, 3.8) is 0 Å². The number of anilines is 1. The Morgan fingerprint density at radius 2 is 2.06 bits per heavy atom. The van der Waals surface area contributed by atoms with Crippen molar-refractivity contribution in [1.82, 2.24) is 18.9 Å². The zero-order valence-electron chi connectivity index (χ0n) is 19.2. The predicted molar refractivity (Wildman–Crippen MR) is 126 cm³/mol. The number of nitrogens with zero attached hydrogens (tertiary/aromatic N) is 5. The van der Waals surface area contributed by atoms with Crippen LogP contribution >= 0.6 is 0 Å². The average molecular weight is 460 g/mol. The summed E-state index contributed by atoms with van der Waals surface area (Å²) in [6.07, 6.45) is 5.04. The van der Waals surface area contributed by atoms with E-state index in [1.54, 1.807) is 35.0 Å². The fourth-order valence-electron chi connectivity index (χ4n) is 5.10. The van der Waals surface area contributed by atoms with Gasteiger partial charge < -0.3 is 9.47 Å². The molecule has 5 heterocycles. The van der Waals surface area contributed by atoms with E-state index in [9.17, 15) is 9.59 Å². The van der Waals surface area contributed by atoms with Crippen LogP contribution in [-0.2, 0) is 22.6 Å². The van der Waals surface area contributed by atoms with Crippen LogP contribution in [-0.4, -0.2) is 51.7 Å². The topological polar surface area (TPSA) is 91.0 Å². The summed E-state index contributed by atoms with van der Waals surface area (Å²) in [5.41, 5.74) is 4.36. The van der Waals surface area contributed by atoms with Gasteiger partial charge in [0.15, 0.2) is 0 Å². The van der Waals surface area contributed by atoms with Crippen LogP contribution in [0.5, 0.6) is 0 Å². The first kappa shape index (κ1) is 21.0. The van der Waals surface area contributed by atoms with Crippen molar-refractivity contribution in [2.45, 2.75) is 32.4 Å². The summed E-state index contributed by atoms with van der Waals surface area (Å²) in [4.78, 5) is 37.7. The monoisotopic (exact) mass is 459 g/mol. The highest BCUT2D eigenvalue weighted by Crippen LogP contribution is 2.30. The fourth-order valence-corrected chi connectivity index (χ4v) is 5.10. The molecule has 3 aromatic heterocycles. The number of rotatable bonds is 4. The second-order valence-electron chi connectivity index (χ2n) is 8.95. The van der Waals surface area contributed by atoms with Crippen LogP contribution in [0.15, 0.2) is 41.5 Å². The van der Waals surface area contributed by atoms with Crippen molar-refractivity contribution in [2.24, 2.45) is 0 Å². The lowest BCUT2D eigenvalue weighted by Gasteiger charge is -2.18. The highest BCUT2D eigenvalue weighted by Gasteiger charge is 2.28. The number of hydrogen-bond acceptors (Lipinski definition) is 6. The first-order chi connectivity index (χ1) is 16.6. The molecule has 0 saturated carbocycles. The third kappa shape index (κ3) is 3.15. The Balaban J connectivity index is 1.51. The van der Waals surface area contributed by atoms with Gasteiger partial charge in [-0.25, -0.2) is 9.97 Å². The van der Waals surface area contributed by atoms with E-state index < -0.39 is 0 Å². The van der Waals surface area contributed by atoms with E-state index >= 15 is 0 Å². The quantitative estimate of drug-likeness (QED) is 0.466. The Morgan fingerprint density at radius 3 is 2.85 bits per heavy atom. The lowest BCUT2D eigenvalue weighted by Crippen LogP contribution is -2.30. The minimum atomic E-state index is -0.208. The summed E-state index contributed by atoms with van der Waals surface area (Å²) < 4.78 is 14.4. The molecule has 34 heavy (non-hydrogen) atoms. The number of methoxy groups -OCH3 is 1. The molecule has 0 spiro atoms. The van der Waals surface area contributed by atoms with E-state index in [4.69, 9.17) is 9.47 Å². The maximum atomic E-state index is 13.5. The molecular formula is C25H25N5O4. The molecule has 1 fully saturated rings. The molecule has 2 aliphatic rings. The highest BCUT2D eigenvalue weighted by molar-refractivity contribution is 6.08. The SMILES string of the molecule is COCn1c(=O)c2cnc(C3CCOC3)n2c2ccc(C(=O)N3CCc4cc(C)cnc43)cc21. The van der Waals surface area contributed by atoms with Crippen LogP contribution in [0.1, 0.15) is 39.6 Å². The number of hydrogen-bond donors (Lipinski definition) is 0. The number of carbonyl (C=O) groups excluding carboxylic acids is 1. The van der Waals surface area contributed by atoms with E-state index in [-0.39, 0.29) is 24.1 Å². The van der Waals surface area contributed by atoms with Crippen molar-refractivity contribution >= 4 is 28.3 Å². The number of pyridine rings is 1. The molecule has 9 nitrogen and oxygen atoms in total. The number of aryl methyl sites for hydroxylation is 1. The van der Waals surface area contributed by atoms with Crippen LogP contribution in [0.25, 0.3) is 16.6 Å². The van der Waals surface area contributed by atoms with Gasteiger partial charge in [0.1, 0.15) is 23.9 Å². The first-order valence-corrected chi connectivity index (χ1v) is 11.4. The standard InChI is InChI=1S/C25H25N5O4/c1-15-9-16-5-7-28(22(16)26-11-15)24(31)17-3-4-19-20(10-17)29(14-33-2)25(32)21-12-27-23(30(19)21)18-6-8-34-13-18/h3-4,9-12,18H,5-8,13-14H2,1-2H3. The van der Waals surface area contributed by atoms with E-state index in [0.717, 1.165) is 35.3 Å². The predicted octanol–water partition coefficient (Wildman–Crippen LogP) is 2.66. The van der Waals surface area contributed by atoms with Gasteiger partial charge in [-0.2, -0.15) is 0 Å². The molecule has 1 aromatic carbocycles. The molecule has 0 N–H and O–H groups in total. The zero-order valence-corrected chi connectivity index (χ0v) is 19.2. The van der Waals surface area contributed by atoms with E-state index in [1.165, 1.54) is 0 Å². The second-order valence-corrected chi connectivity index (χ2v) is 8.95. The third-order valence-electron chi connectivity index (χ3n) is 6.75. The van der Waals surface area contributed by atoms with Crippen molar-refractivity contribution < 1.29 is 14.3 Å². The van der Waals surface area contributed by atoms with Gasteiger partial charge in [-0.1, -0.05) is 6.07 Å². The minimum Gasteiger partial charge on any atom is -0.381 e. The largest absolute Gasteiger partial charge is 0.381 e. The van der Waals surface area contributed by atoms with E-state index in [2.05, 4.69) is 16.0 Å². The molecule has 174 valence electrons. The van der Waals surface area contributed by atoms with Crippen molar-refractivity contribution in [3.8, 4) is 0 Å². The maximum absolute atomic E-state index is 13.5. The molecule has 1 unspecified atom stereocenters. The Bertz CT molecular complexity index is 1500. The highest BCUT2D eigenvalue weighted by atomic mass is 16.5. The second kappa shape index (κ2) is 8.03. The smallest absolute Gasteiger partial charge is 0.278 e. The summed E-state index contributed by atoms with van der Waals surface area (Å²) in [6, 6.07) is 7.56. The van der Waals surface area contributed by atoms with Gasteiger partial charge in [0, 0.05) is 37.9 Å². The van der Waals surface area contributed by atoms with Crippen LogP contribution in [0.4, 0.5) is 5.82 Å². The number of ether oxygens (including phenoxy) is 2. The van der Waals surface area contributed by atoms with Crippen LogP contribution in [0, 0.1) is 6.92 Å². The number of aromatic nitrogens is 4. The summed E-state index contributed by atoms with van der Waals surface area (Å²) in [7, 11) is 1.55. The third-order valence-corrected chi connectivity index (χ3v) is 6.75. The van der Waals surface area contributed by atoms with Crippen molar-refractivity contribution in [3.05, 3.63) is 69.5 Å². The number of benzene rings is 1. The van der Waals surface area contributed by atoms with Crippen LogP contribution in [0.2, 0.25) is 0 Å². The van der Waals surface area contributed by atoms with Gasteiger partial charge in [-0.15, -0.1) is 0 Å². The molecular weight excluding hydrogens is 434 g/mol. The molecule has 0 aliphatic carbocycles. The molecule has 9 heteroatoms. The normalized spacial score (nSPS) is 17.7. The van der Waals surface area contributed by atoms with Gasteiger partial charge >= 0.3 is 0 Å². The Kier molecular flexibility index (Phi) is 4.96.